The van der Waals surface area contributed by atoms with Gasteiger partial charge in [-0.05, 0) is 50.3 Å². The van der Waals surface area contributed by atoms with Crippen molar-refractivity contribution in [3.8, 4) is 11.5 Å². The van der Waals surface area contributed by atoms with E-state index in [1.807, 2.05) is 0 Å². The first-order chi connectivity index (χ1) is 12.1. The monoisotopic (exact) mass is 342 g/mol. The number of nitrogen functional groups attached to an aromatic ring is 1. The summed E-state index contributed by atoms with van der Waals surface area (Å²) in [4.78, 5) is 24.2. The van der Waals surface area contributed by atoms with Crippen LogP contribution in [0.1, 0.15) is 32.1 Å². The zero-order valence-corrected chi connectivity index (χ0v) is 14.0. The largest absolute Gasteiger partial charge is 0.463 e. The molecule has 3 rings (SSSR count). The highest BCUT2D eigenvalue weighted by Gasteiger charge is 2.12. The van der Waals surface area contributed by atoms with Crippen LogP contribution in [0.25, 0.3) is 11.5 Å². The highest BCUT2D eigenvalue weighted by molar-refractivity contribution is 5.75. The van der Waals surface area contributed by atoms with Gasteiger partial charge >= 0.3 is 0 Å². The molecule has 0 aromatic carbocycles. The van der Waals surface area contributed by atoms with Gasteiger partial charge in [0.25, 0.3) is 5.56 Å². The summed E-state index contributed by atoms with van der Waals surface area (Å²) in [5.41, 5.74) is 7.10. The van der Waals surface area contributed by atoms with Gasteiger partial charge in [0.15, 0.2) is 5.76 Å². The first kappa shape index (κ1) is 17.0. The highest BCUT2D eigenvalue weighted by Crippen LogP contribution is 2.19. The lowest BCUT2D eigenvalue weighted by molar-refractivity contribution is -0.121. The smallest absolute Gasteiger partial charge is 0.290 e. The Morgan fingerprint density at radius 3 is 3.00 bits per heavy atom. The molecule has 7 nitrogen and oxygen atoms in total. The molecule has 7 heteroatoms. The van der Waals surface area contributed by atoms with Crippen molar-refractivity contribution in [2.24, 2.45) is 0 Å². The number of allylic oxidation sites excluding steroid dienone is 1. The minimum absolute atomic E-state index is 0.0292. The van der Waals surface area contributed by atoms with Crippen LogP contribution in [0.2, 0.25) is 0 Å². The molecule has 1 amide bonds. The van der Waals surface area contributed by atoms with Crippen LogP contribution < -0.4 is 16.6 Å². The first-order valence-corrected chi connectivity index (χ1v) is 8.49. The van der Waals surface area contributed by atoms with Crippen molar-refractivity contribution in [2.75, 3.05) is 12.3 Å². The number of nitrogens with zero attached hydrogens (tertiary/aromatic N) is 2. The summed E-state index contributed by atoms with van der Waals surface area (Å²) < 4.78 is 6.34. The molecule has 0 spiro atoms. The van der Waals surface area contributed by atoms with E-state index < -0.39 is 5.56 Å². The fraction of sp³-hybridized carbons (Fsp3) is 0.389. The third-order valence-electron chi connectivity index (χ3n) is 4.22. The van der Waals surface area contributed by atoms with Crippen LogP contribution in [0.4, 0.5) is 5.69 Å². The molecule has 1 aliphatic rings. The molecule has 1 aliphatic carbocycles. The van der Waals surface area contributed by atoms with Gasteiger partial charge in [0.2, 0.25) is 5.91 Å². The predicted molar refractivity (Wildman–Crippen MR) is 94.8 cm³/mol. The molecule has 132 valence electrons. The third kappa shape index (κ3) is 4.37. The molecule has 0 atom stereocenters. The summed E-state index contributed by atoms with van der Waals surface area (Å²) in [6.07, 6.45) is 9.32. The second kappa shape index (κ2) is 7.83. The molecule has 0 saturated heterocycles. The van der Waals surface area contributed by atoms with E-state index >= 15 is 0 Å². The van der Waals surface area contributed by atoms with Gasteiger partial charge in [0.1, 0.15) is 17.9 Å². The van der Waals surface area contributed by atoms with E-state index in [0.717, 1.165) is 23.9 Å². The third-order valence-corrected chi connectivity index (χ3v) is 4.22. The van der Waals surface area contributed by atoms with Crippen molar-refractivity contribution in [1.29, 1.82) is 0 Å². The molecule has 0 fully saturated rings. The van der Waals surface area contributed by atoms with E-state index in [1.165, 1.54) is 30.7 Å². The van der Waals surface area contributed by atoms with Gasteiger partial charge < -0.3 is 15.5 Å². The number of rotatable bonds is 6. The Hall–Kier alpha value is -2.83. The predicted octanol–water partition coefficient (Wildman–Crippen LogP) is 2.09. The molecule has 0 unspecified atom stereocenters. The Morgan fingerprint density at radius 1 is 1.40 bits per heavy atom. The normalized spacial score (nSPS) is 14.2. The van der Waals surface area contributed by atoms with Crippen LogP contribution in [0.15, 0.2) is 45.3 Å². The van der Waals surface area contributed by atoms with Crippen molar-refractivity contribution < 1.29 is 9.21 Å². The van der Waals surface area contributed by atoms with E-state index in [1.54, 1.807) is 12.1 Å². The Kier molecular flexibility index (Phi) is 5.33. The van der Waals surface area contributed by atoms with Gasteiger partial charge in [-0.2, -0.15) is 5.10 Å². The number of carbonyl (C=O) groups excluding carboxylic acids is 1. The number of anilines is 1. The van der Waals surface area contributed by atoms with Crippen LogP contribution in [-0.2, 0) is 11.3 Å². The van der Waals surface area contributed by atoms with Gasteiger partial charge in [-0.1, -0.05) is 11.6 Å². The van der Waals surface area contributed by atoms with Gasteiger partial charge in [-0.15, -0.1) is 0 Å². The van der Waals surface area contributed by atoms with E-state index in [-0.39, 0.29) is 18.1 Å². The number of furan rings is 1. The first-order valence-electron chi connectivity index (χ1n) is 8.49. The molecule has 3 N–H and O–H groups in total. The summed E-state index contributed by atoms with van der Waals surface area (Å²) in [5, 5.41) is 7.01. The molecular weight excluding hydrogens is 320 g/mol. The van der Waals surface area contributed by atoms with E-state index in [4.69, 9.17) is 10.2 Å². The average Bonchev–Trinajstić information content (AvgIpc) is 3.14. The van der Waals surface area contributed by atoms with Crippen LogP contribution in [0, 0.1) is 0 Å². The lowest BCUT2D eigenvalue weighted by atomic mass is 9.97. The van der Waals surface area contributed by atoms with Crippen molar-refractivity contribution in [1.82, 2.24) is 15.1 Å². The zero-order chi connectivity index (χ0) is 17.6. The van der Waals surface area contributed by atoms with Gasteiger partial charge in [0.05, 0.1) is 6.26 Å². The average molecular weight is 342 g/mol. The van der Waals surface area contributed by atoms with Gasteiger partial charge in [0, 0.05) is 6.54 Å². The van der Waals surface area contributed by atoms with Gasteiger partial charge in [-0.3, -0.25) is 9.59 Å². The number of nitrogens with one attached hydrogen (secondary N) is 1. The minimum atomic E-state index is -0.486. The summed E-state index contributed by atoms with van der Waals surface area (Å²) in [6, 6.07) is 4.88. The van der Waals surface area contributed by atoms with Gasteiger partial charge in [-0.25, -0.2) is 4.68 Å². The second-order valence-electron chi connectivity index (χ2n) is 6.13. The molecule has 0 saturated carbocycles. The molecular formula is C18H22N4O3. The zero-order valence-electron chi connectivity index (χ0n) is 14.0. The second-order valence-corrected chi connectivity index (χ2v) is 6.13. The number of amides is 1. The highest BCUT2D eigenvalue weighted by atomic mass is 16.3. The molecule has 25 heavy (non-hydrogen) atoms. The molecule has 2 heterocycles. The molecule has 0 aliphatic heterocycles. The van der Waals surface area contributed by atoms with Crippen molar-refractivity contribution in [3.05, 3.63) is 46.5 Å². The van der Waals surface area contributed by atoms with E-state index in [0.29, 0.717) is 18.0 Å². The SMILES string of the molecule is Nc1cc(-c2ccco2)nn(CC(=O)NCCC2=CCCCC2)c1=O. The Bertz CT molecular complexity index is 821. The van der Waals surface area contributed by atoms with Crippen molar-refractivity contribution >= 4 is 11.6 Å². The Labute approximate surface area is 145 Å². The van der Waals surface area contributed by atoms with Crippen molar-refractivity contribution in [3.63, 3.8) is 0 Å². The number of nitrogens with two attached hydrogens (primary N) is 1. The van der Waals surface area contributed by atoms with E-state index in [9.17, 15) is 9.59 Å². The lowest BCUT2D eigenvalue weighted by Crippen LogP contribution is -2.35. The summed E-state index contributed by atoms with van der Waals surface area (Å²) >= 11 is 0. The fourth-order valence-electron chi connectivity index (χ4n) is 2.90. The quantitative estimate of drug-likeness (QED) is 0.783. The molecule has 0 bridgehead atoms. The number of hydrogen-bond acceptors (Lipinski definition) is 5. The van der Waals surface area contributed by atoms with Crippen LogP contribution in [0.3, 0.4) is 0 Å². The maximum absolute atomic E-state index is 12.1. The summed E-state index contributed by atoms with van der Waals surface area (Å²) in [7, 11) is 0. The van der Waals surface area contributed by atoms with Crippen LogP contribution in [0.5, 0.6) is 0 Å². The topological polar surface area (TPSA) is 103 Å². The molecule has 0 radical (unpaired) electrons. The minimum Gasteiger partial charge on any atom is -0.463 e. The molecule has 2 aromatic heterocycles. The number of hydrogen-bond donors (Lipinski definition) is 2. The number of aromatic nitrogens is 2. The summed E-state index contributed by atoms with van der Waals surface area (Å²) in [6.45, 7) is 0.392. The Balaban J connectivity index is 1.62. The standard InChI is InChI=1S/C18H22N4O3/c19-14-11-15(16-7-4-10-25-16)21-22(18(14)24)12-17(23)20-9-8-13-5-2-1-3-6-13/h4-5,7,10-11H,1-3,6,8-9,12,19H2,(H,20,23). The maximum Gasteiger partial charge on any atom is 0.290 e. The molecule has 2 aromatic rings. The van der Waals surface area contributed by atoms with Crippen LogP contribution >= 0.6 is 0 Å². The van der Waals surface area contributed by atoms with E-state index in [2.05, 4.69) is 16.5 Å². The fourth-order valence-corrected chi connectivity index (χ4v) is 2.90. The lowest BCUT2D eigenvalue weighted by Gasteiger charge is -2.13. The van der Waals surface area contributed by atoms with Crippen molar-refractivity contribution in [2.45, 2.75) is 38.6 Å². The number of carbonyl (C=O) groups is 1. The summed E-state index contributed by atoms with van der Waals surface area (Å²) in [5.74, 6) is 0.229. The Morgan fingerprint density at radius 2 is 2.28 bits per heavy atom. The van der Waals surface area contributed by atoms with Crippen LogP contribution in [-0.4, -0.2) is 22.2 Å². The maximum atomic E-state index is 12.1.